The topological polar surface area (TPSA) is 99.4 Å². The van der Waals surface area contributed by atoms with Crippen LogP contribution in [0.4, 0.5) is 5.69 Å². The minimum atomic E-state index is -3.98. The van der Waals surface area contributed by atoms with Crippen molar-refractivity contribution in [3.05, 3.63) is 46.9 Å². The molecule has 4 rings (SSSR count). The first kappa shape index (κ1) is 23.1. The van der Waals surface area contributed by atoms with Gasteiger partial charge in [0.25, 0.3) is 0 Å². The molecule has 0 saturated heterocycles. The molecule has 1 heterocycles. The second-order valence-corrected chi connectivity index (χ2v) is 10.6. The van der Waals surface area contributed by atoms with Gasteiger partial charge in [-0.3, -0.25) is 13.9 Å². The summed E-state index contributed by atoms with van der Waals surface area (Å²) in [7, 11) is 0.741. The van der Waals surface area contributed by atoms with E-state index in [-0.39, 0.29) is 27.1 Å². The Balaban J connectivity index is 1.79. The number of carbonyl (C=O) groups excluding carboxylic acids is 1. The van der Waals surface area contributed by atoms with Crippen LogP contribution >= 0.6 is 0 Å². The minimum Gasteiger partial charge on any atom is -0.497 e. The molecule has 0 spiro atoms. The number of hydrogen-bond acceptors (Lipinski definition) is 5. The molecule has 2 aromatic carbocycles. The lowest BCUT2D eigenvalue weighted by molar-refractivity contribution is -0.117. The number of nitrogens with zero attached hydrogens (tertiary/aromatic N) is 2. The second-order valence-electron chi connectivity index (χ2n) is 8.67. The van der Waals surface area contributed by atoms with Gasteiger partial charge in [0, 0.05) is 20.5 Å². The van der Waals surface area contributed by atoms with Crippen molar-refractivity contribution in [2.75, 3.05) is 12.4 Å². The van der Waals surface area contributed by atoms with Crippen LogP contribution in [0.25, 0.3) is 11.0 Å². The highest BCUT2D eigenvalue weighted by Gasteiger charge is 2.26. The van der Waals surface area contributed by atoms with E-state index in [2.05, 4.69) is 5.32 Å². The summed E-state index contributed by atoms with van der Waals surface area (Å²) in [4.78, 5) is 25.4. The van der Waals surface area contributed by atoms with Crippen molar-refractivity contribution < 1.29 is 17.9 Å². The molecule has 0 atom stereocenters. The molecule has 9 heteroatoms. The van der Waals surface area contributed by atoms with Gasteiger partial charge in [-0.15, -0.1) is 0 Å². The normalized spacial score (nSPS) is 15.0. The third-order valence-electron chi connectivity index (χ3n) is 6.51. The van der Waals surface area contributed by atoms with Crippen molar-refractivity contribution in [1.29, 1.82) is 0 Å². The van der Waals surface area contributed by atoms with Crippen LogP contribution in [-0.2, 0) is 28.7 Å². The lowest BCUT2D eigenvalue weighted by atomic mass is 9.87. The minimum absolute atomic E-state index is 0.0432. The number of aryl methyl sites for hydroxylation is 2. The first-order chi connectivity index (χ1) is 15.7. The Kier molecular flexibility index (Phi) is 6.34. The smallest absolute Gasteiger partial charge is 0.328 e. The second kappa shape index (κ2) is 9.05. The van der Waals surface area contributed by atoms with Crippen LogP contribution in [0.1, 0.15) is 38.5 Å². The summed E-state index contributed by atoms with van der Waals surface area (Å²) in [6.45, 7) is 0. The molecule has 176 valence electrons. The van der Waals surface area contributed by atoms with Crippen LogP contribution in [-0.4, -0.2) is 30.6 Å². The van der Waals surface area contributed by atoms with E-state index in [1.807, 2.05) is 0 Å². The average Bonchev–Trinajstić information content (AvgIpc) is 3.02. The van der Waals surface area contributed by atoms with E-state index in [9.17, 15) is 18.0 Å². The van der Waals surface area contributed by atoms with Crippen molar-refractivity contribution in [3.63, 3.8) is 0 Å². The molecule has 1 aromatic heterocycles. The lowest BCUT2D eigenvalue weighted by Crippen LogP contribution is -2.20. The molecule has 0 aliphatic heterocycles. The zero-order valence-electron chi connectivity index (χ0n) is 19.1. The molecular weight excluding hydrogens is 442 g/mol. The van der Waals surface area contributed by atoms with Gasteiger partial charge in [-0.05, 0) is 55.2 Å². The van der Waals surface area contributed by atoms with Gasteiger partial charge in [-0.25, -0.2) is 13.2 Å². The quantitative estimate of drug-likeness (QED) is 0.592. The molecule has 33 heavy (non-hydrogen) atoms. The number of ether oxygens (including phenoxy) is 1. The van der Waals surface area contributed by atoms with Crippen LogP contribution in [0.3, 0.4) is 0 Å². The molecule has 1 fully saturated rings. The average molecular weight is 472 g/mol. The molecule has 1 saturated carbocycles. The third-order valence-corrected chi connectivity index (χ3v) is 8.32. The van der Waals surface area contributed by atoms with E-state index in [4.69, 9.17) is 4.74 Å². The number of benzene rings is 2. The number of rotatable bonds is 6. The van der Waals surface area contributed by atoms with Gasteiger partial charge in [0.05, 0.1) is 33.6 Å². The maximum Gasteiger partial charge on any atom is 0.328 e. The Morgan fingerprint density at radius 1 is 1.03 bits per heavy atom. The first-order valence-corrected chi connectivity index (χ1v) is 12.6. The predicted octanol–water partition coefficient (Wildman–Crippen LogP) is 3.63. The Bertz CT molecular complexity index is 1350. The standard InChI is InChI=1S/C24H29N3O5S/c1-26-20-14-19(25-23(28)13-16-7-5-4-6-8-16)22(15-21(20)27(2)24(26)29)33(30,31)18-11-9-17(32-3)10-12-18/h9-12,14-16H,4-8,13H2,1-3H3,(H,25,28). The van der Waals surface area contributed by atoms with Crippen LogP contribution in [0, 0.1) is 5.92 Å². The number of imidazole rings is 1. The number of carbonyl (C=O) groups is 1. The largest absolute Gasteiger partial charge is 0.497 e. The number of nitrogens with one attached hydrogen (secondary N) is 1. The zero-order valence-corrected chi connectivity index (χ0v) is 19.9. The summed E-state index contributed by atoms with van der Waals surface area (Å²) in [5.74, 6) is 0.634. The van der Waals surface area contributed by atoms with Crippen molar-refractivity contribution in [2.45, 2.75) is 48.3 Å². The molecule has 0 radical (unpaired) electrons. The lowest BCUT2D eigenvalue weighted by Gasteiger charge is -2.21. The van der Waals surface area contributed by atoms with Gasteiger partial charge in [-0.2, -0.15) is 0 Å². The van der Waals surface area contributed by atoms with Crippen molar-refractivity contribution in [2.24, 2.45) is 20.0 Å². The highest BCUT2D eigenvalue weighted by atomic mass is 32.2. The molecule has 1 N–H and O–H groups in total. The Morgan fingerprint density at radius 2 is 1.64 bits per heavy atom. The maximum atomic E-state index is 13.6. The summed E-state index contributed by atoms with van der Waals surface area (Å²) in [6.07, 6.45) is 5.81. The fourth-order valence-corrected chi connectivity index (χ4v) is 6.00. The summed E-state index contributed by atoms with van der Waals surface area (Å²) in [5, 5.41) is 2.84. The van der Waals surface area contributed by atoms with Crippen LogP contribution in [0.15, 0.2) is 51.0 Å². The molecule has 1 amide bonds. The Morgan fingerprint density at radius 3 is 2.24 bits per heavy atom. The van der Waals surface area contributed by atoms with E-state index in [1.165, 1.54) is 40.9 Å². The molecule has 8 nitrogen and oxygen atoms in total. The zero-order chi connectivity index (χ0) is 23.8. The summed E-state index contributed by atoms with van der Waals surface area (Å²) < 4.78 is 35.1. The molecule has 0 unspecified atom stereocenters. The van der Waals surface area contributed by atoms with Gasteiger partial charge in [0.1, 0.15) is 5.75 Å². The van der Waals surface area contributed by atoms with Crippen LogP contribution < -0.4 is 15.7 Å². The van der Waals surface area contributed by atoms with Gasteiger partial charge >= 0.3 is 5.69 Å². The Labute approximate surface area is 193 Å². The third kappa shape index (κ3) is 4.42. The van der Waals surface area contributed by atoms with E-state index in [0.717, 1.165) is 25.7 Å². The monoisotopic (exact) mass is 471 g/mol. The number of aromatic nitrogens is 2. The van der Waals surface area contributed by atoms with Gasteiger partial charge in [-0.1, -0.05) is 19.3 Å². The number of methoxy groups -OCH3 is 1. The number of anilines is 1. The summed E-state index contributed by atoms with van der Waals surface area (Å²) in [6, 6.07) is 9.13. The number of sulfone groups is 1. The number of amides is 1. The summed E-state index contributed by atoms with van der Waals surface area (Å²) in [5.41, 5.74) is 0.924. The summed E-state index contributed by atoms with van der Waals surface area (Å²) >= 11 is 0. The molecule has 0 bridgehead atoms. The van der Waals surface area contributed by atoms with Crippen molar-refractivity contribution >= 4 is 32.5 Å². The van der Waals surface area contributed by atoms with Gasteiger partial charge < -0.3 is 10.1 Å². The highest BCUT2D eigenvalue weighted by Crippen LogP contribution is 2.33. The van der Waals surface area contributed by atoms with E-state index in [1.54, 1.807) is 32.3 Å². The molecule has 1 aliphatic carbocycles. The van der Waals surface area contributed by atoms with E-state index < -0.39 is 9.84 Å². The van der Waals surface area contributed by atoms with Gasteiger partial charge in [0.15, 0.2) is 0 Å². The predicted molar refractivity (Wildman–Crippen MR) is 126 cm³/mol. The van der Waals surface area contributed by atoms with E-state index in [0.29, 0.717) is 29.1 Å². The fourth-order valence-electron chi connectivity index (χ4n) is 4.58. The molecule has 3 aromatic rings. The number of hydrogen-bond donors (Lipinski definition) is 1. The highest BCUT2D eigenvalue weighted by molar-refractivity contribution is 7.91. The van der Waals surface area contributed by atoms with Crippen molar-refractivity contribution in [1.82, 2.24) is 9.13 Å². The van der Waals surface area contributed by atoms with Crippen LogP contribution in [0.2, 0.25) is 0 Å². The maximum absolute atomic E-state index is 13.6. The van der Waals surface area contributed by atoms with Crippen LogP contribution in [0.5, 0.6) is 5.75 Å². The molecular formula is C24H29N3O5S. The fraction of sp³-hybridized carbons (Fsp3) is 0.417. The first-order valence-electron chi connectivity index (χ1n) is 11.1. The van der Waals surface area contributed by atoms with Gasteiger partial charge in [0.2, 0.25) is 15.7 Å². The van der Waals surface area contributed by atoms with E-state index >= 15 is 0 Å². The SMILES string of the molecule is COc1ccc(S(=O)(=O)c2cc3c(cc2NC(=O)CC2CCCCC2)n(C)c(=O)n3C)cc1. The Hall–Kier alpha value is -3.07. The molecule has 1 aliphatic rings. The number of fused-ring (bicyclic) bond motifs is 1. The van der Waals surface area contributed by atoms with Crippen molar-refractivity contribution in [3.8, 4) is 5.75 Å².